The number of aryl methyl sites for hydroxylation is 1. The van der Waals surface area contributed by atoms with Gasteiger partial charge in [-0.05, 0) is 84.3 Å². The maximum absolute atomic E-state index is 15.4. The van der Waals surface area contributed by atoms with E-state index in [1.807, 2.05) is 102 Å². The van der Waals surface area contributed by atoms with Crippen molar-refractivity contribution in [2.24, 2.45) is 5.92 Å². The van der Waals surface area contributed by atoms with Crippen LogP contribution in [0.2, 0.25) is 18.6 Å². The fourth-order valence-corrected chi connectivity index (χ4v) is 13.3. The topological polar surface area (TPSA) is 128 Å². The molecule has 1 fully saturated rings. The van der Waals surface area contributed by atoms with Gasteiger partial charge in [0, 0.05) is 41.2 Å². The first-order valence-corrected chi connectivity index (χ1v) is 23.0. The minimum Gasteiger partial charge on any atom is -0.497 e. The summed E-state index contributed by atoms with van der Waals surface area (Å²) in [5, 5.41) is 23.6. The standard InChI is InChI=1S/C47H49N5O6Si/c1-31-44(59(4,5)38-23-21-37(57-3)22-24-38)43(26-27-51-29-41(49-50-51)39(30-53)32-12-8-6-9-13-32)58-47(31)40-28-34(48-45(54)33-16-19-36(56-2)20-17-33)18-25-42(40)52(46(47)55)35-14-10-7-11-15-35/h6-25,28-29,31,39,43-44,53H,26-27,30H2,1-5H3,(H,48,54)/t31-,39?,43+,44-,47+/m1/s1. The average Bonchev–Trinajstić information content (AvgIpc) is 3.93. The summed E-state index contributed by atoms with van der Waals surface area (Å²) in [4.78, 5) is 30.7. The molecule has 2 N–H and O–H groups in total. The van der Waals surface area contributed by atoms with Gasteiger partial charge < -0.3 is 24.6 Å². The van der Waals surface area contributed by atoms with Gasteiger partial charge in [0.15, 0.2) is 5.60 Å². The molecule has 2 amide bonds. The molecular formula is C47H49N5O6Si. The van der Waals surface area contributed by atoms with Crippen molar-refractivity contribution in [3.05, 3.63) is 156 Å². The van der Waals surface area contributed by atoms with E-state index in [4.69, 9.17) is 14.2 Å². The van der Waals surface area contributed by atoms with Crippen molar-refractivity contribution in [1.82, 2.24) is 15.0 Å². The first kappa shape index (κ1) is 39.7. The normalized spacial score (nSPS) is 20.4. The van der Waals surface area contributed by atoms with E-state index in [-0.39, 0.29) is 41.9 Å². The van der Waals surface area contributed by atoms with Crippen LogP contribution in [0.15, 0.2) is 134 Å². The third-order valence-corrected chi connectivity index (χ3v) is 16.7. The molecular weight excluding hydrogens is 759 g/mol. The van der Waals surface area contributed by atoms with Gasteiger partial charge in [0.05, 0.1) is 52.3 Å². The van der Waals surface area contributed by atoms with Crippen LogP contribution in [-0.2, 0) is 21.7 Å². The first-order valence-electron chi connectivity index (χ1n) is 20.0. The summed E-state index contributed by atoms with van der Waals surface area (Å²) in [6, 6.07) is 40.3. The van der Waals surface area contributed by atoms with E-state index < -0.39 is 13.7 Å². The van der Waals surface area contributed by atoms with Crippen LogP contribution in [-0.4, -0.2) is 66.9 Å². The Morgan fingerprint density at radius 1 is 0.898 bits per heavy atom. The van der Waals surface area contributed by atoms with E-state index in [2.05, 4.69) is 47.8 Å². The Morgan fingerprint density at radius 3 is 2.19 bits per heavy atom. The number of nitrogens with one attached hydrogen (secondary N) is 1. The van der Waals surface area contributed by atoms with Crippen LogP contribution >= 0.6 is 0 Å². The molecule has 0 bridgehead atoms. The molecule has 1 aromatic heterocycles. The molecule has 11 nitrogen and oxygen atoms in total. The van der Waals surface area contributed by atoms with Crippen molar-refractivity contribution >= 4 is 42.1 Å². The third kappa shape index (κ3) is 7.21. The lowest BCUT2D eigenvalue weighted by Crippen LogP contribution is -2.51. The van der Waals surface area contributed by atoms with Crippen molar-refractivity contribution in [2.45, 2.75) is 56.1 Å². The van der Waals surface area contributed by atoms with Gasteiger partial charge >= 0.3 is 0 Å². The summed E-state index contributed by atoms with van der Waals surface area (Å²) in [5.74, 6) is 0.423. The lowest BCUT2D eigenvalue weighted by atomic mass is 9.82. The van der Waals surface area contributed by atoms with Crippen molar-refractivity contribution < 1.29 is 28.9 Å². The van der Waals surface area contributed by atoms with Gasteiger partial charge in [-0.1, -0.05) is 91.1 Å². The maximum Gasteiger partial charge on any atom is 0.268 e. The molecule has 2 aliphatic heterocycles. The largest absolute Gasteiger partial charge is 0.497 e. The number of benzene rings is 5. The van der Waals surface area contributed by atoms with Gasteiger partial charge in [-0.15, -0.1) is 5.10 Å². The zero-order valence-corrected chi connectivity index (χ0v) is 34.9. The summed E-state index contributed by atoms with van der Waals surface area (Å²) < 4.78 is 20.0. The Balaban J connectivity index is 1.19. The summed E-state index contributed by atoms with van der Waals surface area (Å²) >= 11 is 0. The fourth-order valence-electron chi connectivity index (χ4n) is 9.26. The highest BCUT2D eigenvalue weighted by Crippen LogP contribution is 2.61. The number of aliphatic hydroxyl groups excluding tert-OH is 1. The summed E-state index contributed by atoms with van der Waals surface area (Å²) in [7, 11) is 0.794. The molecule has 59 heavy (non-hydrogen) atoms. The van der Waals surface area contributed by atoms with Crippen LogP contribution in [0.1, 0.15) is 46.4 Å². The number of nitrogens with zero attached hydrogens (tertiary/aromatic N) is 4. The zero-order valence-electron chi connectivity index (χ0n) is 33.9. The minimum absolute atomic E-state index is 0.0292. The molecule has 1 unspecified atom stereocenters. The molecule has 6 aromatic rings. The number of para-hydroxylation sites is 1. The number of rotatable bonds is 13. The second-order valence-electron chi connectivity index (χ2n) is 15.9. The number of anilines is 3. The van der Waals surface area contributed by atoms with Gasteiger partial charge in [-0.3, -0.25) is 19.2 Å². The Kier molecular flexibility index (Phi) is 11.0. The maximum atomic E-state index is 15.4. The fraction of sp³-hybridized carbons (Fsp3) is 0.277. The van der Waals surface area contributed by atoms with Gasteiger partial charge in [0.2, 0.25) is 0 Å². The molecule has 2 aliphatic rings. The summed E-state index contributed by atoms with van der Waals surface area (Å²) in [6.07, 6.45) is 2.10. The van der Waals surface area contributed by atoms with E-state index >= 15 is 4.79 Å². The molecule has 5 atom stereocenters. The first-order chi connectivity index (χ1) is 28.6. The molecule has 0 saturated carbocycles. The number of hydrogen-bond acceptors (Lipinski definition) is 8. The van der Waals surface area contributed by atoms with Gasteiger partial charge in [0.25, 0.3) is 11.8 Å². The highest BCUT2D eigenvalue weighted by molar-refractivity contribution is 6.91. The number of carbonyl (C=O) groups is 2. The van der Waals surface area contributed by atoms with Gasteiger partial charge in [-0.25, -0.2) is 0 Å². The van der Waals surface area contributed by atoms with Crippen LogP contribution in [0, 0.1) is 5.92 Å². The molecule has 1 saturated heterocycles. The molecule has 5 aromatic carbocycles. The van der Waals surface area contributed by atoms with Gasteiger partial charge in [-0.2, -0.15) is 0 Å². The molecule has 0 aliphatic carbocycles. The number of aromatic nitrogens is 3. The third-order valence-electron chi connectivity index (χ3n) is 12.3. The van der Waals surface area contributed by atoms with Crippen LogP contribution < -0.4 is 24.9 Å². The number of aliphatic hydroxyl groups is 1. The van der Waals surface area contributed by atoms with Crippen molar-refractivity contribution in [3.63, 3.8) is 0 Å². The number of ether oxygens (including phenoxy) is 3. The smallest absolute Gasteiger partial charge is 0.268 e. The van der Waals surface area contributed by atoms with Gasteiger partial charge in [0.1, 0.15) is 11.5 Å². The second-order valence-corrected chi connectivity index (χ2v) is 20.6. The molecule has 12 heteroatoms. The predicted molar refractivity (Wildman–Crippen MR) is 231 cm³/mol. The minimum atomic E-state index is -2.46. The predicted octanol–water partition coefficient (Wildman–Crippen LogP) is 7.66. The number of carbonyl (C=O) groups excluding carboxylic acids is 2. The molecule has 1 spiro atoms. The van der Waals surface area contributed by atoms with Crippen molar-refractivity contribution in [2.75, 3.05) is 31.0 Å². The number of methoxy groups -OCH3 is 2. The van der Waals surface area contributed by atoms with Crippen LogP contribution in [0.25, 0.3) is 0 Å². The highest BCUT2D eigenvalue weighted by atomic mass is 28.3. The average molecular weight is 808 g/mol. The number of fused-ring (bicyclic) bond motifs is 2. The highest BCUT2D eigenvalue weighted by Gasteiger charge is 2.66. The summed E-state index contributed by atoms with van der Waals surface area (Å²) in [5.41, 5.74) is 3.46. The van der Waals surface area contributed by atoms with Crippen LogP contribution in [0.4, 0.5) is 17.1 Å². The van der Waals surface area contributed by atoms with Crippen molar-refractivity contribution in [1.29, 1.82) is 0 Å². The summed E-state index contributed by atoms with van der Waals surface area (Å²) in [6.45, 7) is 7.25. The Bertz CT molecular complexity index is 2430. The van der Waals surface area contributed by atoms with E-state index in [1.165, 1.54) is 5.19 Å². The lowest BCUT2D eigenvalue weighted by Gasteiger charge is -2.37. The zero-order chi connectivity index (χ0) is 41.3. The van der Waals surface area contributed by atoms with Crippen LogP contribution in [0.5, 0.6) is 11.5 Å². The van der Waals surface area contributed by atoms with E-state index in [0.29, 0.717) is 35.7 Å². The molecule has 3 heterocycles. The van der Waals surface area contributed by atoms with E-state index in [0.717, 1.165) is 28.3 Å². The number of amides is 2. The Labute approximate surface area is 345 Å². The molecule has 302 valence electrons. The SMILES string of the molecule is COc1ccc(C(=O)Nc2ccc3c(c2)[C@]2(O[C@@H](CCn4cc(C(CO)c5ccccc5)nn4)[C@H]([Si](C)(C)c4ccc(OC)cc4)[C@H]2C)C(=O)N3c2ccccc2)cc1. The van der Waals surface area contributed by atoms with Crippen LogP contribution in [0.3, 0.4) is 0 Å². The monoisotopic (exact) mass is 807 g/mol. The Hall–Kier alpha value is -6.08. The quantitative estimate of drug-likeness (QED) is 0.114. The van der Waals surface area contributed by atoms with Crippen molar-refractivity contribution in [3.8, 4) is 11.5 Å². The second kappa shape index (κ2) is 16.3. The van der Waals surface area contributed by atoms with E-state index in [9.17, 15) is 9.90 Å². The van der Waals surface area contributed by atoms with E-state index in [1.54, 1.807) is 43.4 Å². The lowest BCUT2D eigenvalue weighted by molar-refractivity contribution is -0.145. The Morgan fingerprint density at radius 2 is 1.54 bits per heavy atom. The molecule has 0 radical (unpaired) electrons. The molecule has 8 rings (SSSR count). The number of hydrogen-bond donors (Lipinski definition) is 2.